The first kappa shape index (κ1) is 12.7. The molecule has 0 aliphatic heterocycles. The molecule has 0 aliphatic rings. The van der Waals surface area contributed by atoms with Crippen molar-refractivity contribution in [1.29, 1.82) is 0 Å². The number of hydrogen-bond acceptors (Lipinski definition) is 5. The lowest BCUT2D eigenvalue weighted by atomic mass is 10.2. The number of thiazole rings is 1. The number of carboxylic acids is 1. The zero-order valence-corrected chi connectivity index (χ0v) is 10.5. The van der Waals surface area contributed by atoms with Crippen LogP contribution in [0, 0.1) is 0 Å². The van der Waals surface area contributed by atoms with Crippen molar-refractivity contribution in [3.05, 3.63) is 46.2 Å². The van der Waals surface area contributed by atoms with Crippen molar-refractivity contribution in [2.45, 2.75) is 13.0 Å². The molecule has 0 atom stereocenters. The third-order valence-corrected chi connectivity index (χ3v) is 3.26. The SMILES string of the molecule is O=C(O)c1nc(CNCCc2ccncc2)cs1. The van der Waals surface area contributed by atoms with Crippen molar-refractivity contribution < 1.29 is 9.90 Å². The van der Waals surface area contributed by atoms with Crippen LogP contribution in [0.1, 0.15) is 21.1 Å². The molecule has 0 saturated heterocycles. The van der Waals surface area contributed by atoms with Gasteiger partial charge in [0.2, 0.25) is 5.01 Å². The molecule has 0 amide bonds. The minimum atomic E-state index is -0.969. The fraction of sp³-hybridized carbons (Fsp3) is 0.250. The molecule has 2 heterocycles. The molecule has 2 N–H and O–H groups in total. The Hall–Kier alpha value is -1.79. The molecule has 94 valence electrons. The van der Waals surface area contributed by atoms with Crippen molar-refractivity contribution in [2.75, 3.05) is 6.54 Å². The van der Waals surface area contributed by atoms with Gasteiger partial charge in [-0.1, -0.05) is 0 Å². The molecule has 0 aromatic carbocycles. The average molecular weight is 263 g/mol. The molecule has 6 heteroatoms. The Morgan fingerprint density at radius 2 is 2.17 bits per heavy atom. The number of pyridine rings is 1. The summed E-state index contributed by atoms with van der Waals surface area (Å²) in [7, 11) is 0. The van der Waals surface area contributed by atoms with E-state index in [4.69, 9.17) is 5.11 Å². The zero-order valence-electron chi connectivity index (χ0n) is 9.67. The van der Waals surface area contributed by atoms with Crippen LogP contribution in [-0.4, -0.2) is 27.6 Å². The number of rotatable bonds is 6. The summed E-state index contributed by atoms with van der Waals surface area (Å²) in [5.41, 5.74) is 1.99. The van der Waals surface area contributed by atoms with Gasteiger partial charge in [-0.15, -0.1) is 11.3 Å². The molecule has 0 spiro atoms. The van der Waals surface area contributed by atoms with E-state index < -0.39 is 5.97 Å². The fourth-order valence-corrected chi connectivity index (χ4v) is 2.14. The first-order valence-corrected chi connectivity index (χ1v) is 6.41. The highest BCUT2D eigenvalue weighted by atomic mass is 32.1. The van der Waals surface area contributed by atoms with Gasteiger partial charge in [-0.3, -0.25) is 4.98 Å². The van der Waals surface area contributed by atoms with Crippen LogP contribution in [0.2, 0.25) is 0 Å². The van der Waals surface area contributed by atoms with Crippen LogP contribution in [0.3, 0.4) is 0 Å². The third kappa shape index (κ3) is 3.61. The van der Waals surface area contributed by atoms with Gasteiger partial charge >= 0.3 is 5.97 Å². The van der Waals surface area contributed by atoms with Crippen molar-refractivity contribution in [3.63, 3.8) is 0 Å². The number of aromatic nitrogens is 2. The van der Waals surface area contributed by atoms with E-state index in [0.717, 1.165) is 30.0 Å². The van der Waals surface area contributed by atoms with Gasteiger partial charge in [0.05, 0.1) is 5.69 Å². The lowest BCUT2D eigenvalue weighted by Gasteiger charge is -2.02. The molecule has 2 aromatic rings. The first-order valence-electron chi connectivity index (χ1n) is 5.53. The summed E-state index contributed by atoms with van der Waals surface area (Å²) in [4.78, 5) is 18.6. The quantitative estimate of drug-likeness (QED) is 0.774. The molecule has 0 fully saturated rings. The zero-order chi connectivity index (χ0) is 12.8. The summed E-state index contributed by atoms with van der Waals surface area (Å²) in [5, 5.41) is 13.9. The van der Waals surface area contributed by atoms with Gasteiger partial charge in [-0.2, -0.15) is 0 Å². The lowest BCUT2D eigenvalue weighted by Crippen LogP contribution is -2.17. The van der Waals surface area contributed by atoms with Gasteiger partial charge in [-0.25, -0.2) is 9.78 Å². The molecule has 0 bridgehead atoms. The summed E-state index contributed by atoms with van der Waals surface area (Å²) >= 11 is 1.15. The van der Waals surface area contributed by atoms with Crippen molar-refractivity contribution in [2.24, 2.45) is 0 Å². The Kier molecular flexibility index (Phi) is 4.38. The molecular weight excluding hydrogens is 250 g/mol. The number of aromatic carboxylic acids is 1. The molecule has 2 rings (SSSR count). The molecule has 0 saturated carbocycles. The van der Waals surface area contributed by atoms with Crippen LogP contribution < -0.4 is 5.32 Å². The first-order chi connectivity index (χ1) is 8.75. The van der Waals surface area contributed by atoms with E-state index in [9.17, 15) is 4.79 Å². The van der Waals surface area contributed by atoms with Crippen molar-refractivity contribution in [1.82, 2.24) is 15.3 Å². The van der Waals surface area contributed by atoms with Crippen LogP contribution in [0.4, 0.5) is 0 Å². The topological polar surface area (TPSA) is 75.1 Å². The van der Waals surface area contributed by atoms with Gasteiger partial charge < -0.3 is 10.4 Å². The summed E-state index contributed by atoms with van der Waals surface area (Å²) in [6, 6.07) is 3.96. The molecule has 0 unspecified atom stereocenters. The molecule has 5 nitrogen and oxygen atoms in total. The Morgan fingerprint density at radius 1 is 1.39 bits per heavy atom. The number of nitrogens with one attached hydrogen (secondary N) is 1. The largest absolute Gasteiger partial charge is 0.476 e. The van der Waals surface area contributed by atoms with Crippen LogP contribution in [0.5, 0.6) is 0 Å². The van der Waals surface area contributed by atoms with Gasteiger partial charge in [0.25, 0.3) is 0 Å². The highest BCUT2D eigenvalue weighted by Gasteiger charge is 2.08. The van der Waals surface area contributed by atoms with E-state index >= 15 is 0 Å². The highest BCUT2D eigenvalue weighted by molar-refractivity contribution is 7.11. The van der Waals surface area contributed by atoms with E-state index in [0.29, 0.717) is 6.54 Å². The molecule has 2 aromatic heterocycles. The number of carbonyl (C=O) groups is 1. The minimum absolute atomic E-state index is 0.140. The second-order valence-electron chi connectivity index (χ2n) is 3.73. The summed E-state index contributed by atoms with van der Waals surface area (Å²) in [6.07, 6.45) is 4.46. The maximum absolute atomic E-state index is 10.7. The van der Waals surface area contributed by atoms with Crippen molar-refractivity contribution in [3.8, 4) is 0 Å². The van der Waals surface area contributed by atoms with Crippen LogP contribution >= 0.6 is 11.3 Å². The molecule has 0 aliphatic carbocycles. The van der Waals surface area contributed by atoms with E-state index in [2.05, 4.69) is 15.3 Å². The summed E-state index contributed by atoms with van der Waals surface area (Å²) in [5.74, 6) is -0.969. The van der Waals surface area contributed by atoms with Crippen molar-refractivity contribution >= 4 is 17.3 Å². The van der Waals surface area contributed by atoms with E-state index in [1.54, 1.807) is 17.8 Å². The maximum atomic E-state index is 10.7. The smallest absolute Gasteiger partial charge is 0.365 e. The standard InChI is InChI=1S/C12H13N3O2S/c16-12(17)11-15-10(8-18-11)7-14-6-3-9-1-4-13-5-2-9/h1-2,4-5,8,14H,3,6-7H2,(H,16,17). The molecule has 0 radical (unpaired) electrons. The Balaban J connectivity index is 1.73. The number of carboxylic acid groups (broad SMARTS) is 1. The van der Waals surface area contributed by atoms with Gasteiger partial charge in [0.1, 0.15) is 0 Å². The van der Waals surface area contributed by atoms with E-state index in [-0.39, 0.29) is 5.01 Å². The monoisotopic (exact) mass is 263 g/mol. The second-order valence-corrected chi connectivity index (χ2v) is 4.59. The van der Waals surface area contributed by atoms with E-state index in [1.165, 1.54) is 5.56 Å². The predicted octanol–water partition coefficient (Wildman–Crippen LogP) is 1.57. The molecular formula is C12H13N3O2S. The fourth-order valence-electron chi connectivity index (χ4n) is 1.49. The summed E-state index contributed by atoms with van der Waals surface area (Å²) in [6.45, 7) is 1.42. The van der Waals surface area contributed by atoms with Crippen LogP contribution in [0.15, 0.2) is 29.9 Å². The Bertz CT molecular complexity index is 513. The Morgan fingerprint density at radius 3 is 2.83 bits per heavy atom. The predicted molar refractivity (Wildman–Crippen MR) is 68.7 cm³/mol. The van der Waals surface area contributed by atoms with Gasteiger partial charge in [0.15, 0.2) is 0 Å². The third-order valence-electron chi connectivity index (χ3n) is 2.38. The van der Waals surface area contributed by atoms with E-state index in [1.807, 2.05) is 12.1 Å². The van der Waals surface area contributed by atoms with Gasteiger partial charge in [0, 0.05) is 24.3 Å². The minimum Gasteiger partial charge on any atom is -0.476 e. The normalized spacial score (nSPS) is 10.4. The number of hydrogen-bond donors (Lipinski definition) is 2. The summed E-state index contributed by atoms with van der Waals surface area (Å²) < 4.78 is 0. The second kappa shape index (κ2) is 6.23. The molecule has 18 heavy (non-hydrogen) atoms. The van der Waals surface area contributed by atoms with Crippen LogP contribution in [0.25, 0.3) is 0 Å². The number of nitrogens with zero attached hydrogens (tertiary/aromatic N) is 2. The maximum Gasteiger partial charge on any atom is 0.365 e. The van der Waals surface area contributed by atoms with Crippen LogP contribution in [-0.2, 0) is 13.0 Å². The Labute approximate surface area is 109 Å². The highest BCUT2D eigenvalue weighted by Crippen LogP contribution is 2.09. The lowest BCUT2D eigenvalue weighted by molar-refractivity contribution is 0.0696. The van der Waals surface area contributed by atoms with Gasteiger partial charge in [-0.05, 0) is 30.7 Å². The average Bonchev–Trinajstić information content (AvgIpc) is 2.85.